The van der Waals surface area contributed by atoms with Gasteiger partial charge in [0.2, 0.25) is 0 Å². The largest absolute Gasteiger partial charge is 0.381 e. The van der Waals surface area contributed by atoms with Crippen LogP contribution in [0.25, 0.3) is 4.96 Å². The SMILES string of the molecule is CCNC(=NCc1cn2ccsc2n1)NC1CC(OC)C1(C)C. The lowest BCUT2D eigenvalue weighted by Gasteiger charge is -2.51. The zero-order chi connectivity index (χ0) is 16.4. The minimum absolute atomic E-state index is 0.113. The summed E-state index contributed by atoms with van der Waals surface area (Å²) in [5.74, 6) is 0.844. The lowest BCUT2D eigenvalue weighted by atomic mass is 9.64. The van der Waals surface area contributed by atoms with Crippen molar-refractivity contribution in [2.24, 2.45) is 10.4 Å². The van der Waals surface area contributed by atoms with Gasteiger partial charge in [-0.05, 0) is 13.3 Å². The maximum absolute atomic E-state index is 5.52. The van der Waals surface area contributed by atoms with E-state index in [9.17, 15) is 0 Å². The van der Waals surface area contributed by atoms with E-state index in [4.69, 9.17) is 4.74 Å². The number of guanidine groups is 1. The van der Waals surface area contributed by atoms with Crippen LogP contribution >= 0.6 is 11.3 Å². The summed E-state index contributed by atoms with van der Waals surface area (Å²) in [7, 11) is 1.78. The Hall–Kier alpha value is -1.60. The van der Waals surface area contributed by atoms with Gasteiger partial charge in [-0.3, -0.25) is 4.40 Å². The highest BCUT2D eigenvalue weighted by molar-refractivity contribution is 7.15. The number of fused-ring (bicyclic) bond motifs is 1. The molecule has 23 heavy (non-hydrogen) atoms. The molecule has 2 atom stereocenters. The van der Waals surface area contributed by atoms with E-state index in [-0.39, 0.29) is 5.41 Å². The molecular weight excluding hydrogens is 310 g/mol. The van der Waals surface area contributed by atoms with Crippen LogP contribution in [-0.4, -0.2) is 41.1 Å². The molecule has 2 aromatic rings. The smallest absolute Gasteiger partial charge is 0.193 e. The Kier molecular flexibility index (Phi) is 4.59. The minimum atomic E-state index is 0.113. The average Bonchev–Trinajstić information content (AvgIpc) is 3.09. The van der Waals surface area contributed by atoms with E-state index in [0.717, 1.165) is 29.6 Å². The normalized spacial score (nSPS) is 23.7. The van der Waals surface area contributed by atoms with Crippen LogP contribution in [0.5, 0.6) is 0 Å². The first-order chi connectivity index (χ1) is 11.0. The molecule has 0 saturated heterocycles. The molecule has 7 heteroatoms. The predicted octanol–water partition coefficient (Wildman–Crippen LogP) is 2.26. The molecule has 3 rings (SSSR count). The molecule has 2 aromatic heterocycles. The van der Waals surface area contributed by atoms with Crippen molar-refractivity contribution in [1.29, 1.82) is 0 Å². The highest BCUT2D eigenvalue weighted by atomic mass is 32.1. The Labute approximate surface area is 141 Å². The summed E-state index contributed by atoms with van der Waals surface area (Å²) >= 11 is 1.64. The Morgan fingerprint density at radius 2 is 2.39 bits per heavy atom. The third-order valence-corrected chi connectivity index (χ3v) is 5.43. The average molecular weight is 335 g/mol. The number of thiazole rings is 1. The van der Waals surface area contributed by atoms with Crippen LogP contribution in [0.3, 0.4) is 0 Å². The molecule has 1 saturated carbocycles. The Morgan fingerprint density at radius 1 is 1.57 bits per heavy atom. The fourth-order valence-corrected chi connectivity index (χ4v) is 3.75. The van der Waals surface area contributed by atoms with Crippen molar-refractivity contribution in [3.05, 3.63) is 23.5 Å². The van der Waals surface area contributed by atoms with Crippen LogP contribution in [0.2, 0.25) is 0 Å². The summed E-state index contributed by atoms with van der Waals surface area (Å²) in [6.45, 7) is 7.95. The number of methoxy groups -OCH3 is 1. The summed E-state index contributed by atoms with van der Waals surface area (Å²) in [6.07, 6.45) is 5.37. The summed E-state index contributed by atoms with van der Waals surface area (Å²) in [6, 6.07) is 0.371. The topological polar surface area (TPSA) is 63.0 Å². The third-order valence-electron chi connectivity index (χ3n) is 4.66. The van der Waals surface area contributed by atoms with E-state index in [1.54, 1.807) is 18.4 Å². The molecule has 0 radical (unpaired) electrons. The van der Waals surface area contributed by atoms with E-state index in [0.29, 0.717) is 18.7 Å². The van der Waals surface area contributed by atoms with E-state index in [1.807, 2.05) is 22.2 Å². The maximum Gasteiger partial charge on any atom is 0.193 e. The van der Waals surface area contributed by atoms with Gasteiger partial charge < -0.3 is 15.4 Å². The molecular formula is C16H25N5OS. The number of imidazole rings is 1. The first kappa shape index (κ1) is 16.3. The molecule has 2 unspecified atom stereocenters. The lowest BCUT2D eigenvalue weighted by Crippen LogP contribution is -2.63. The van der Waals surface area contributed by atoms with Crippen LogP contribution in [0.1, 0.15) is 32.9 Å². The Morgan fingerprint density at radius 3 is 3.04 bits per heavy atom. The second kappa shape index (κ2) is 6.49. The van der Waals surface area contributed by atoms with Gasteiger partial charge >= 0.3 is 0 Å². The van der Waals surface area contributed by atoms with Gasteiger partial charge in [-0.25, -0.2) is 9.98 Å². The first-order valence-corrected chi connectivity index (χ1v) is 8.91. The number of ether oxygens (including phenoxy) is 1. The second-order valence-electron chi connectivity index (χ2n) is 6.50. The van der Waals surface area contributed by atoms with Crippen molar-refractivity contribution >= 4 is 22.3 Å². The summed E-state index contributed by atoms with van der Waals surface area (Å²) in [4.78, 5) is 10.3. The van der Waals surface area contributed by atoms with Crippen molar-refractivity contribution in [2.75, 3.05) is 13.7 Å². The van der Waals surface area contributed by atoms with Gasteiger partial charge in [-0.2, -0.15) is 0 Å². The highest BCUT2D eigenvalue weighted by Crippen LogP contribution is 2.42. The fraction of sp³-hybridized carbons (Fsp3) is 0.625. The van der Waals surface area contributed by atoms with Crippen molar-refractivity contribution in [3.8, 4) is 0 Å². The molecule has 0 aromatic carbocycles. The Balaban J connectivity index is 1.65. The van der Waals surface area contributed by atoms with E-state index >= 15 is 0 Å². The van der Waals surface area contributed by atoms with Gasteiger partial charge in [-0.1, -0.05) is 13.8 Å². The number of nitrogens with one attached hydrogen (secondary N) is 2. The molecule has 0 spiro atoms. The van der Waals surface area contributed by atoms with E-state index in [2.05, 4.69) is 41.4 Å². The van der Waals surface area contributed by atoms with Gasteiger partial charge in [0.25, 0.3) is 0 Å². The number of nitrogens with zero attached hydrogens (tertiary/aromatic N) is 3. The van der Waals surface area contributed by atoms with Crippen molar-refractivity contribution < 1.29 is 4.74 Å². The number of hydrogen-bond donors (Lipinski definition) is 2. The number of hydrogen-bond acceptors (Lipinski definition) is 4. The Bertz CT molecular complexity index is 661. The van der Waals surface area contributed by atoms with Gasteiger partial charge in [-0.15, -0.1) is 11.3 Å². The van der Waals surface area contributed by atoms with Crippen molar-refractivity contribution in [1.82, 2.24) is 20.0 Å². The molecule has 6 nitrogen and oxygen atoms in total. The minimum Gasteiger partial charge on any atom is -0.381 e. The van der Waals surface area contributed by atoms with Gasteiger partial charge in [0.15, 0.2) is 10.9 Å². The summed E-state index contributed by atoms with van der Waals surface area (Å²) in [5.41, 5.74) is 1.10. The highest BCUT2D eigenvalue weighted by Gasteiger charge is 2.48. The molecule has 1 aliphatic rings. The zero-order valence-corrected chi connectivity index (χ0v) is 15.0. The number of rotatable bonds is 5. The van der Waals surface area contributed by atoms with Gasteiger partial charge in [0, 0.05) is 42.9 Å². The number of aromatic nitrogens is 2. The lowest BCUT2D eigenvalue weighted by molar-refractivity contribution is -0.0922. The second-order valence-corrected chi connectivity index (χ2v) is 7.37. The number of aliphatic imine (C=N–C) groups is 1. The summed E-state index contributed by atoms with van der Waals surface area (Å²) in [5, 5.41) is 8.88. The molecule has 2 N–H and O–H groups in total. The monoisotopic (exact) mass is 335 g/mol. The van der Waals surface area contributed by atoms with E-state index < -0.39 is 0 Å². The van der Waals surface area contributed by atoms with Gasteiger partial charge in [0.05, 0.1) is 18.3 Å². The van der Waals surface area contributed by atoms with Gasteiger partial charge in [0.1, 0.15) is 0 Å². The molecule has 1 aliphatic carbocycles. The molecule has 0 amide bonds. The quantitative estimate of drug-likeness (QED) is 0.650. The first-order valence-electron chi connectivity index (χ1n) is 8.03. The predicted molar refractivity (Wildman–Crippen MR) is 94.0 cm³/mol. The molecule has 1 fully saturated rings. The van der Waals surface area contributed by atoms with Crippen LogP contribution in [0, 0.1) is 5.41 Å². The van der Waals surface area contributed by atoms with Crippen molar-refractivity contribution in [3.63, 3.8) is 0 Å². The molecule has 0 aliphatic heterocycles. The van der Waals surface area contributed by atoms with Crippen LogP contribution < -0.4 is 10.6 Å². The molecule has 2 heterocycles. The maximum atomic E-state index is 5.52. The summed E-state index contributed by atoms with van der Waals surface area (Å²) < 4.78 is 7.55. The van der Waals surface area contributed by atoms with E-state index in [1.165, 1.54) is 0 Å². The fourth-order valence-electron chi connectivity index (χ4n) is 3.03. The van der Waals surface area contributed by atoms with Crippen molar-refractivity contribution in [2.45, 2.75) is 45.9 Å². The van der Waals surface area contributed by atoms with Crippen LogP contribution in [0.15, 0.2) is 22.8 Å². The van der Waals surface area contributed by atoms with Crippen LogP contribution in [0.4, 0.5) is 0 Å². The molecule has 0 bridgehead atoms. The third kappa shape index (κ3) is 3.21. The molecule has 126 valence electrons. The zero-order valence-electron chi connectivity index (χ0n) is 14.2. The van der Waals surface area contributed by atoms with Crippen LogP contribution in [-0.2, 0) is 11.3 Å². The standard InChI is InChI=1S/C16H25N5OS/c1-5-17-14(20-12-8-13(22-4)16(12,2)3)18-9-11-10-21-6-7-23-15(21)19-11/h6-7,10,12-13H,5,8-9H2,1-4H3,(H2,17,18,20).